The fraction of sp³-hybridized carbons (Fsp3) is 0. The van der Waals surface area contributed by atoms with Crippen molar-refractivity contribution in [2.75, 3.05) is 0 Å². The van der Waals surface area contributed by atoms with E-state index < -0.39 is 0 Å². The molecule has 0 aliphatic rings. The van der Waals surface area contributed by atoms with Crippen LogP contribution in [0.15, 0.2) is 69.9 Å². The van der Waals surface area contributed by atoms with Crippen molar-refractivity contribution < 1.29 is 8.83 Å². The number of hydrogen-bond donors (Lipinski definition) is 0. The first-order valence-corrected chi connectivity index (χ1v) is 8.14. The lowest BCUT2D eigenvalue weighted by Crippen LogP contribution is -1.88. The Kier molecular flexibility index (Phi) is 2.52. The molecule has 5 heterocycles. The Balaban J connectivity index is 1.57. The topological polar surface area (TPSA) is 77.8 Å². The molecule has 26 heavy (non-hydrogen) atoms. The van der Waals surface area contributed by atoms with Crippen LogP contribution in [-0.4, -0.2) is 20.2 Å². The van der Waals surface area contributed by atoms with Gasteiger partial charge < -0.3 is 8.83 Å². The van der Waals surface area contributed by atoms with E-state index in [9.17, 15) is 0 Å². The zero-order valence-electron chi connectivity index (χ0n) is 13.4. The number of aromatic nitrogens is 4. The molecule has 0 amide bonds. The molecule has 0 aliphatic heterocycles. The molecule has 5 aromatic heterocycles. The van der Waals surface area contributed by atoms with Gasteiger partial charge >= 0.3 is 0 Å². The highest BCUT2D eigenvalue weighted by atomic mass is 16.3. The first-order valence-electron chi connectivity index (χ1n) is 8.14. The lowest BCUT2D eigenvalue weighted by Gasteiger charge is -1.99. The average Bonchev–Trinajstić information content (AvgIpc) is 3.24. The van der Waals surface area contributed by atoms with Crippen molar-refractivity contribution in [3.8, 4) is 11.3 Å². The van der Waals surface area contributed by atoms with Gasteiger partial charge in [0.2, 0.25) is 0 Å². The Labute approximate surface area is 146 Å². The Morgan fingerprint density at radius 1 is 0.692 bits per heavy atom. The molecular weight excluding hydrogens is 328 g/mol. The maximum absolute atomic E-state index is 5.90. The number of benzene rings is 1. The van der Waals surface area contributed by atoms with Crippen molar-refractivity contribution in [3.05, 3.63) is 61.1 Å². The maximum atomic E-state index is 5.90. The summed E-state index contributed by atoms with van der Waals surface area (Å²) in [6, 6.07) is 13.4. The van der Waals surface area contributed by atoms with Crippen LogP contribution in [0.5, 0.6) is 0 Å². The molecule has 6 aromatic rings. The largest absolute Gasteiger partial charge is 0.454 e. The summed E-state index contributed by atoms with van der Waals surface area (Å²) in [5.74, 6) is 0. The van der Waals surface area contributed by atoms with E-state index >= 15 is 0 Å². The van der Waals surface area contributed by atoms with Crippen molar-refractivity contribution >= 4 is 44.1 Å². The normalized spacial score (nSPS) is 11.8. The van der Waals surface area contributed by atoms with Crippen LogP contribution in [0, 0.1) is 0 Å². The number of hydrogen-bond acceptors (Lipinski definition) is 6. The zero-order chi connectivity index (χ0) is 17.1. The van der Waals surface area contributed by atoms with E-state index in [-0.39, 0.29) is 0 Å². The van der Waals surface area contributed by atoms with Gasteiger partial charge in [-0.2, -0.15) is 0 Å². The quantitative estimate of drug-likeness (QED) is 0.431. The predicted molar refractivity (Wildman–Crippen MR) is 97.6 cm³/mol. The minimum Gasteiger partial charge on any atom is -0.454 e. The van der Waals surface area contributed by atoms with Gasteiger partial charge in [-0.1, -0.05) is 12.1 Å². The second kappa shape index (κ2) is 4.86. The molecule has 0 unspecified atom stereocenters. The van der Waals surface area contributed by atoms with Crippen LogP contribution >= 0.6 is 0 Å². The summed E-state index contributed by atoms with van der Waals surface area (Å²) in [5.41, 5.74) is 6.00. The second-order valence-corrected chi connectivity index (χ2v) is 6.09. The van der Waals surface area contributed by atoms with Gasteiger partial charge in [-0.25, -0.2) is 0 Å². The van der Waals surface area contributed by atoms with Gasteiger partial charge in [-0.05, 0) is 24.3 Å². The van der Waals surface area contributed by atoms with E-state index in [1.807, 2.05) is 42.5 Å². The predicted octanol–water partition coefficient (Wildman–Crippen LogP) is 4.73. The number of furan rings is 2. The molecular formula is C20H10N4O2. The van der Waals surface area contributed by atoms with Crippen molar-refractivity contribution in [2.24, 2.45) is 0 Å². The molecule has 0 radical (unpaired) electrons. The van der Waals surface area contributed by atoms with Crippen LogP contribution in [0.4, 0.5) is 0 Å². The smallest absolute Gasteiger partial charge is 0.157 e. The summed E-state index contributed by atoms with van der Waals surface area (Å²) in [4.78, 5) is 8.67. The molecule has 6 nitrogen and oxygen atoms in total. The van der Waals surface area contributed by atoms with Gasteiger partial charge in [0.15, 0.2) is 11.2 Å². The van der Waals surface area contributed by atoms with E-state index in [1.165, 1.54) is 0 Å². The van der Waals surface area contributed by atoms with Gasteiger partial charge in [-0.3, -0.25) is 9.97 Å². The van der Waals surface area contributed by atoms with Crippen molar-refractivity contribution in [2.45, 2.75) is 0 Å². The first kappa shape index (κ1) is 13.5. The molecule has 0 saturated carbocycles. The lowest BCUT2D eigenvalue weighted by atomic mass is 10.1. The third-order valence-electron chi connectivity index (χ3n) is 4.53. The van der Waals surface area contributed by atoms with Crippen molar-refractivity contribution in [1.29, 1.82) is 0 Å². The fourth-order valence-corrected chi connectivity index (χ4v) is 3.28. The number of rotatable bonds is 1. The molecule has 6 heteroatoms. The Hall–Kier alpha value is -3.80. The Morgan fingerprint density at radius 3 is 2.50 bits per heavy atom. The number of fused-ring (bicyclic) bond motifs is 6. The van der Waals surface area contributed by atoms with Crippen LogP contribution in [0.3, 0.4) is 0 Å². The summed E-state index contributed by atoms with van der Waals surface area (Å²) in [6.45, 7) is 0. The summed E-state index contributed by atoms with van der Waals surface area (Å²) >= 11 is 0. The van der Waals surface area contributed by atoms with E-state index in [4.69, 9.17) is 8.83 Å². The van der Waals surface area contributed by atoms with Gasteiger partial charge in [0.05, 0.1) is 11.1 Å². The van der Waals surface area contributed by atoms with Crippen molar-refractivity contribution in [1.82, 2.24) is 20.2 Å². The minimum absolute atomic E-state index is 0.685. The molecule has 0 atom stereocenters. The summed E-state index contributed by atoms with van der Waals surface area (Å²) in [7, 11) is 0. The van der Waals surface area contributed by atoms with E-state index in [0.29, 0.717) is 16.9 Å². The van der Waals surface area contributed by atoms with Crippen LogP contribution in [-0.2, 0) is 0 Å². The summed E-state index contributed by atoms with van der Waals surface area (Å²) in [5, 5.41) is 10.6. The first-order chi connectivity index (χ1) is 12.9. The van der Waals surface area contributed by atoms with Crippen LogP contribution in [0.2, 0.25) is 0 Å². The third kappa shape index (κ3) is 1.81. The molecule has 0 fully saturated rings. The molecule has 6 rings (SSSR count). The monoisotopic (exact) mass is 338 g/mol. The average molecular weight is 338 g/mol. The van der Waals surface area contributed by atoms with E-state index in [1.54, 1.807) is 18.6 Å². The lowest BCUT2D eigenvalue weighted by molar-refractivity contribution is 0.666. The van der Waals surface area contributed by atoms with Crippen LogP contribution < -0.4 is 0 Å². The van der Waals surface area contributed by atoms with Gasteiger partial charge in [-0.15, -0.1) is 10.2 Å². The molecule has 122 valence electrons. The summed E-state index contributed by atoms with van der Waals surface area (Å²) < 4.78 is 11.8. The number of para-hydroxylation sites is 1. The van der Waals surface area contributed by atoms with Gasteiger partial charge in [0.1, 0.15) is 22.2 Å². The molecule has 0 N–H and O–H groups in total. The van der Waals surface area contributed by atoms with Crippen LogP contribution in [0.25, 0.3) is 55.4 Å². The second-order valence-electron chi connectivity index (χ2n) is 6.09. The Bertz CT molecular complexity index is 1340. The highest BCUT2D eigenvalue weighted by Crippen LogP contribution is 2.31. The third-order valence-corrected chi connectivity index (χ3v) is 4.53. The number of pyridine rings is 2. The molecule has 0 spiro atoms. The van der Waals surface area contributed by atoms with Gasteiger partial charge in [0, 0.05) is 35.6 Å². The van der Waals surface area contributed by atoms with Gasteiger partial charge in [0.25, 0.3) is 0 Å². The molecule has 0 aliphatic carbocycles. The summed E-state index contributed by atoms with van der Waals surface area (Å²) in [6.07, 6.45) is 5.23. The van der Waals surface area contributed by atoms with E-state index in [2.05, 4.69) is 20.2 Å². The van der Waals surface area contributed by atoms with E-state index in [0.717, 1.165) is 38.5 Å². The molecule has 0 bridgehead atoms. The highest BCUT2D eigenvalue weighted by Gasteiger charge is 2.13. The SMILES string of the molecule is c1ccc2c(c1)oc1cc(-c3cnc4c(c3)oc3ccncc34)nnc12. The number of nitrogens with zero attached hydrogens (tertiary/aromatic N) is 4. The molecule has 1 aromatic carbocycles. The zero-order valence-corrected chi connectivity index (χ0v) is 13.4. The minimum atomic E-state index is 0.685. The van der Waals surface area contributed by atoms with Crippen LogP contribution in [0.1, 0.15) is 0 Å². The van der Waals surface area contributed by atoms with Crippen molar-refractivity contribution in [3.63, 3.8) is 0 Å². The maximum Gasteiger partial charge on any atom is 0.157 e. The Morgan fingerprint density at radius 2 is 1.54 bits per heavy atom. The highest BCUT2D eigenvalue weighted by molar-refractivity contribution is 6.04. The fourth-order valence-electron chi connectivity index (χ4n) is 3.28. The standard InChI is InChI=1S/C20H10N4O2/c1-2-4-15-12(3-1)20-18(25-15)8-14(23-24-20)11-7-17-19(22-9-11)13-10-21-6-5-16(13)26-17/h1-10H. The molecule has 0 saturated heterocycles.